The van der Waals surface area contributed by atoms with Crippen LogP contribution < -0.4 is 0 Å². The zero-order valence-corrected chi connectivity index (χ0v) is 68.7. The van der Waals surface area contributed by atoms with Gasteiger partial charge >= 0.3 is 0 Å². The van der Waals surface area contributed by atoms with E-state index in [0.717, 1.165) is 17.1 Å². The van der Waals surface area contributed by atoms with E-state index in [-0.39, 0.29) is 0 Å². The quantitative estimate of drug-likeness (QED) is 0.138. The highest BCUT2D eigenvalue weighted by molar-refractivity contribution is 6.29. The Morgan fingerprint density at radius 2 is 0.421 bits per heavy atom. The van der Waals surface area contributed by atoms with E-state index in [1.165, 1.54) is 214 Å². The predicted octanol–water partition coefficient (Wildman–Crippen LogP) is 32.1. The second-order valence-corrected chi connectivity index (χ2v) is 33.0. The number of hydrogen-bond donors (Lipinski definition) is 0. The molecule has 6 heteroatoms. The lowest BCUT2D eigenvalue weighted by Gasteiger charge is -2.12. The summed E-state index contributed by atoms with van der Waals surface area (Å²) in [7, 11) is 0. The number of benzene rings is 21. The number of hydrogen-bond acceptors (Lipinski definition) is 0. The van der Waals surface area contributed by atoms with Crippen molar-refractivity contribution in [2.24, 2.45) is 0 Å². The summed E-state index contributed by atoms with van der Waals surface area (Å²) in [6.45, 7) is 0. The summed E-state index contributed by atoms with van der Waals surface area (Å²) in [5.74, 6) is 0. The van der Waals surface area contributed by atoms with E-state index in [9.17, 15) is 0 Å². The predicted molar refractivity (Wildman–Crippen MR) is 534 cm³/mol. The fourth-order valence-electron chi connectivity index (χ4n) is 20.5. The number of fused-ring (bicyclic) bond motifs is 24. The molecule has 0 amide bonds. The summed E-state index contributed by atoms with van der Waals surface area (Å²) >= 11 is 0. The van der Waals surface area contributed by atoms with Crippen molar-refractivity contribution in [2.75, 3.05) is 0 Å². The van der Waals surface area contributed by atoms with E-state index < -0.39 is 0 Å². The SMILES string of the molecule is c1ccc(-c2cc3c(c4ccccc24)c2cc4c5ccccc5n(-c5ccccc5)c4cc2n3-c2ccccc2)cc1.c1ccc(-c2ccc(-n3c4cc5c(cc4c4ccc6ccccc6c43)c3ccccc3n5-c3ccccc3)cc2)cc1.c1ccc(-c2ccc3c4cc5c6c7ccccc7ccc6n(-c6ccccc6)c5cc4n(-c4ccccc4)c3c2)cc1. The van der Waals surface area contributed by atoms with Crippen LogP contribution in [0.25, 0.3) is 231 Å². The molecule has 0 bridgehead atoms. The van der Waals surface area contributed by atoms with Crippen molar-refractivity contribution in [3.05, 3.63) is 473 Å². The highest BCUT2D eigenvalue weighted by atomic mass is 15.0. The third-order valence-electron chi connectivity index (χ3n) is 26.0. The maximum Gasteiger partial charge on any atom is 0.0619 e. The Kier molecular flexibility index (Phi) is 16.9. The third kappa shape index (κ3) is 11.6. The van der Waals surface area contributed by atoms with Crippen molar-refractivity contribution < 1.29 is 0 Å². The van der Waals surface area contributed by atoms with Crippen LogP contribution in [0.5, 0.6) is 0 Å². The van der Waals surface area contributed by atoms with Crippen molar-refractivity contribution in [3.8, 4) is 67.5 Å². The molecule has 0 fully saturated rings. The normalized spacial score (nSPS) is 11.8. The van der Waals surface area contributed by atoms with Crippen molar-refractivity contribution in [3.63, 3.8) is 0 Å². The third-order valence-corrected chi connectivity index (χ3v) is 26.0. The molecule has 0 aliphatic carbocycles. The van der Waals surface area contributed by atoms with Crippen LogP contribution in [0.15, 0.2) is 473 Å². The molecule has 0 aliphatic rings. The average Bonchev–Trinajstić information content (AvgIpc) is 1.56. The molecule has 0 N–H and O–H groups in total. The van der Waals surface area contributed by atoms with E-state index in [0.29, 0.717) is 0 Å². The lowest BCUT2D eigenvalue weighted by Crippen LogP contribution is -1.96. The van der Waals surface area contributed by atoms with Crippen molar-refractivity contribution in [2.45, 2.75) is 0 Å². The smallest absolute Gasteiger partial charge is 0.0619 e. The lowest BCUT2D eigenvalue weighted by atomic mass is 9.94. The number of nitrogens with zero attached hydrogens (tertiary/aromatic N) is 6. The van der Waals surface area contributed by atoms with Crippen LogP contribution in [-0.4, -0.2) is 27.4 Å². The first kappa shape index (κ1) is 72.1. The maximum atomic E-state index is 2.47. The molecular weight excluding hydrogens is 1530 g/mol. The van der Waals surface area contributed by atoms with Crippen LogP contribution in [0.2, 0.25) is 0 Å². The van der Waals surface area contributed by atoms with Crippen LogP contribution >= 0.6 is 0 Å². The van der Waals surface area contributed by atoms with Crippen molar-refractivity contribution >= 4 is 163 Å². The fraction of sp³-hybridized carbons (Fsp3) is 0. The molecule has 27 aromatic rings. The molecule has 0 unspecified atom stereocenters. The van der Waals surface area contributed by atoms with Gasteiger partial charge in [0.1, 0.15) is 0 Å². The van der Waals surface area contributed by atoms with Crippen LogP contribution in [0.3, 0.4) is 0 Å². The summed E-state index contributed by atoms with van der Waals surface area (Å²) in [6.07, 6.45) is 0. The average molecular weight is 1600 g/mol. The molecule has 6 heterocycles. The van der Waals surface area contributed by atoms with Gasteiger partial charge in [-0.1, -0.05) is 334 Å². The molecule has 6 nitrogen and oxygen atoms in total. The van der Waals surface area contributed by atoms with Gasteiger partial charge in [0.25, 0.3) is 0 Å². The Hall–Kier alpha value is -16.8. The standard InChI is InChI=1S/3C40H26N2/c1-4-14-27(15-5-1)33-25-39-40(32-22-11-10-20-30(32)33)35-24-34-31-21-12-13-23-36(31)41(28-16-6-2-7-17-28)37(34)26-38(35)42(39)29-18-8-3-9-19-29;1-4-12-27(13-5-1)29-20-22-33-34-25-35-39(26-38(34)42(37(33)24-29)31-17-8-3-9-18-31)41(30-15-6-2-7-16-30)36-23-21-28-14-10-11-19-32(28)40(35)36;1-3-11-27(12-4-1)28-19-22-31(23-20-28)42-39-26-38-35(25-36(39)34-24-21-29-13-7-8-16-32(29)40(34)42)33-17-9-10-18-37(33)41(38)30-14-5-2-6-15-30/h3*1-26H. The van der Waals surface area contributed by atoms with Gasteiger partial charge < -0.3 is 27.4 Å². The molecule has 27 rings (SSSR count). The monoisotopic (exact) mass is 1600 g/mol. The van der Waals surface area contributed by atoms with Crippen molar-refractivity contribution in [1.82, 2.24) is 27.4 Å². The molecular formula is C120H78N6. The number of rotatable bonds is 9. The van der Waals surface area contributed by atoms with Gasteiger partial charge in [0.05, 0.1) is 66.2 Å². The minimum atomic E-state index is 1.16. The molecule has 21 aromatic carbocycles. The molecule has 0 radical (unpaired) electrons. The van der Waals surface area contributed by atoms with Gasteiger partial charge in [-0.15, -0.1) is 0 Å². The minimum Gasteiger partial charge on any atom is -0.309 e. The largest absolute Gasteiger partial charge is 0.309 e. The first-order valence-corrected chi connectivity index (χ1v) is 43.4. The molecule has 0 aliphatic heterocycles. The molecule has 0 saturated carbocycles. The second-order valence-electron chi connectivity index (χ2n) is 33.0. The van der Waals surface area contributed by atoms with Gasteiger partial charge in [0.15, 0.2) is 0 Å². The molecule has 0 saturated heterocycles. The van der Waals surface area contributed by atoms with E-state index in [4.69, 9.17) is 0 Å². The van der Waals surface area contributed by atoms with Gasteiger partial charge in [-0.25, -0.2) is 0 Å². The van der Waals surface area contributed by atoms with E-state index >= 15 is 0 Å². The minimum absolute atomic E-state index is 1.16. The molecule has 126 heavy (non-hydrogen) atoms. The van der Waals surface area contributed by atoms with Gasteiger partial charge in [-0.05, 0) is 200 Å². The van der Waals surface area contributed by atoms with Gasteiger partial charge in [0.2, 0.25) is 0 Å². The van der Waals surface area contributed by atoms with Crippen LogP contribution in [0, 0.1) is 0 Å². The zero-order chi connectivity index (χ0) is 82.9. The molecule has 0 atom stereocenters. The summed E-state index contributed by atoms with van der Waals surface area (Å²) in [5.41, 5.74) is 29.0. The molecule has 588 valence electrons. The van der Waals surface area contributed by atoms with Crippen molar-refractivity contribution in [1.29, 1.82) is 0 Å². The van der Waals surface area contributed by atoms with E-state index in [1.54, 1.807) is 0 Å². The van der Waals surface area contributed by atoms with E-state index in [1.807, 2.05) is 0 Å². The maximum absolute atomic E-state index is 2.47. The van der Waals surface area contributed by atoms with Gasteiger partial charge in [-0.2, -0.15) is 0 Å². The highest BCUT2D eigenvalue weighted by Gasteiger charge is 2.26. The summed E-state index contributed by atoms with van der Waals surface area (Å²) in [4.78, 5) is 0. The Morgan fingerprint density at radius 1 is 0.119 bits per heavy atom. The fourth-order valence-corrected chi connectivity index (χ4v) is 20.5. The Labute approximate surface area is 726 Å². The zero-order valence-electron chi connectivity index (χ0n) is 68.7. The second kappa shape index (κ2) is 29.5. The topological polar surface area (TPSA) is 29.6 Å². The van der Waals surface area contributed by atoms with Crippen LogP contribution in [0.4, 0.5) is 0 Å². The summed E-state index contributed by atoms with van der Waals surface area (Å²) < 4.78 is 14.6. The number of aromatic nitrogens is 6. The van der Waals surface area contributed by atoms with Gasteiger partial charge in [-0.3, -0.25) is 0 Å². The summed E-state index contributed by atoms with van der Waals surface area (Å²) in [5, 5.41) is 22.9. The van der Waals surface area contributed by atoms with Crippen LogP contribution in [-0.2, 0) is 0 Å². The van der Waals surface area contributed by atoms with Crippen LogP contribution in [0.1, 0.15) is 0 Å². The first-order valence-electron chi connectivity index (χ1n) is 43.4. The first-order chi connectivity index (χ1) is 62.6. The lowest BCUT2D eigenvalue weighted by molar-refractivity contribution is 1.16. The van der Waals surface area contributed by atoms with Gasteiger partial charge in [0, 0.05) is 104 Å². The molecule has 0 spiro atoms. The molecule has 6 aromatic heterocycles. The summed E-state index contributed by atoms with van der Waals surface area (Å²) in [6, 6.07) is 172. The Balaban J connectivity index is 0.000000103. The van der Waals surface area contributed by atoms with E-state index in [2.05, 4.69) is 501 Å². The Bertz CT molecular complexity index is 8950. The highest BCUT2D eigenvalue weighted by Crippen LogP contribution is 2.49. The number of para-hydroxylation sites is 7. The Morgan fingerprint density at radius 3 is 0.929 bits per heavy atom.